The van der Waals surface area contributed by atoms with Gasteiger partial charge in [0.05, 0.1) is 11.5 Å². The number of carbonyl (C=O) groups is 1. The van der Waals surface area contributed by atoms with E-state index in [1.165, 1.54) is 16.6 Å². The van der Waals surface area contributed by atoms with Crippen molar-refractivity contribution in [3.05, 3.63) is 34.3 Å². The Balaban J connectivity index is 1.89. The second-order valence-electron chi connectivity index (χ2n) is 8.42. The van der Waals surface area contributed by atoms with Crippen molar-refractivity contribution in [2.24, 2.45) is 28.9 Å². The van der Waals surface area contributed by atoms with Gasteiger partial charge in [-0.3, -0.25) is 4.79 Å². The molecule has 0 radical (unpaired) electrons. The van der Waals surface area contributed by atoms with Gasteiger partial charge in [-0.2, -0.15) is 13.2 Å². The molecule has 0 fully saturated rings. The van der Waals surface area contributed by atoms with E-state index in [1.54, 1.807) is 24.8 Å². The van der Waals surface area contributed by atoms with Crippen LogP contribution < -0.4 is 5.73 Å². The zero-order chi connectivity index (χ0) is 19.3. The van der Waals surface area contributed by atoms with E-state index in [1.807, 2.05) is 0 Å². The van der Waals surface area contributed by atoms with Crippen LogP contribution in [0.25, 0.3) is 0 Å². The number of alkyl halides is 3. The van der Waals surface area contributed by atoms with Gasteiger partial charge in [-0.25, -0.2) is 0 Å². The van der Waals surface area contributed by atoms with Crippen molar-refractivity contribution in [2.45, 2.75) is 51.5 Å². The molecule has 0 aromatic heterocycles. The third-order valence-electron chi connectivity index (χ3n) is 5.84. The lowest BCUT2D eigenvalue weighted by Gasteiger charge is -2.34. The van der Waals surface area contributed by atoms with Crippen LogP contribution in [-0.4, -0.2) is 23.8 Å². The Morgan fingerprint density at radius 1 is 1.38 bits per heavy atom. The van der Waals surface area contributed by atoms with E-state index < -0.39 is 17.7 Å². The smallest absolute Gasteiger partial charge is 0.330 e. The first-order valence-corrected chi connectivity index (χ1v) is 9.98. The summed E-state index contributed by atoms with van der Waals surface area (Å²) in [5.74, 6) is -0.650. The first-order chi connectivity index (χ1) is 12.0. The van der Waals surface area contributed by atoms with Crippen LogP contribution in [0.5, 0.6) is 0 Å². The van der Waals surface area contributed by atoms with E-state index in [-0.39, 0.29) is 34.8 Å². The van der Waals surface area contributed by atoms with Crippen molar-refractivity contribution in [1.29, 1.82) is 0 Å². The van der Waals surface area contributed by atoms with Crippen LogP contribution in [0.2, 0.25) is 0 Å². The molecule has 0 amide bonds. The van der Waals surface area contributed by atoms with Crippen LogP contribution in [-0.2, 0) is 4.79 Å². The third-order valence-corrected chi connectivity index (χ3v) is 7.45. The lowest BCUT2D eigenvalue weighted by atomic mass is 9.70. The van der Waals surface area contributed by atoms with Gasteiger partial charge < -0.3 is 5.73 Å². The van der Waals surface area contributed by atoms with Crippen LogP contribution in [0.1, 0.15) is 40.0 Å². The van der Waals surface area contributed by atoms with Crippen LogP contribution >= 0.6 is 11.8 Å². The predicted octanol–water partition coefficient (Wildman–Crippen LogP) is 5.02. The molecule has 1 heterocycles. The number of ketones is 1. The number of hydrogen-bond donors (Lipinski definition) is 1. The monoisotopic (exact) mass is 385 g/mol. The number of thioether (sulfide) groups is 1. The van der Waals surface area contributed by atoms with Crippen LogP contribution in [0.4, 0.5) is 13.2 Å². The SMILES string of the molecule is CC(=O)C1C2=C(CCC(C)(C)C2)SC1C1C=CC(C(F)(F)F)=CC1CN. The molecule has 0 aromatic rings. The molecular weight excluding hydrogens is 359 g/mol. The molecule has 0 aromatic carbocycles. The Kier molecular flexibility index (Phi) is 5.21. The fourth-order valence-electron chi connectivity index (χ4n) is 4.46. The zero-order valence-electron chi connectivity index (χ0n) is 15.4. The van der Waals surface area contributed by atoms with Gasteiger partial charge in [0.2, 0.25) is 0 Å². The Labute approximate surface area is 157 Å². The van der Waals surface area contributed by atoms with E-state index in [9.17, 15) is 18.0 Å². The lowest BCUT2D eigenvalue weighted by molar-refractivity contribution is -0.120. The summed E-state index contributed by atoms with van der Waals surface area (Å²) in [6.07, 6.45) is 2.62. The minimum atomic E-state index is -4.36. The number of nitrogens with two attached hydrogens (primary N) is 1. The summed E-state index contributed by atoms with van der Waals surface area (Å²) in [6.45, 7) is 6.18. The highest BCUT2D eigenvalue weighted by Gasteiger charge is 2.47. The lowest BCUT2D eigenvalue weighted by Crippen LogP contribution is -2.37. The van der Waals surface area contributed by atoms with E-state index in [0.29, 0.717) is 0 Å². The highest BCUT2D eigenvalue weighted by atomic mass is 32.2. The molecular formula is C20H26F3NOS. The number of allylic oxidation sites excluding steroid dienone is 5. The molecule has 3 rings (SSSR count). The van der Waals surface area contributed by atoms with Gasteiger partial charge in [0.25, 0.3) is 0 Å². The van der Waals surface area contributed by atoms with Crippen molar-refractivity contribution in [1.82, 2.24) is 0 Å². The van der Waals surface area contributed by atoms with E-state index in [4.69, 9.17) is 5.73 Å². The number of halogens is 3. The van der Waals surface area contributed by atoms with Gasteiger partial charge in [-0.15, -0.1) is 11.8 Å². The van der Waals surface area contributed by atoms with Gasteiger partial charge in [0.1, 0.15) is 5.78 Å². The highest BCUT2D eigenvalue weighted by molar-refractivity contribution is 8.04. The Morgan fingerprint density at radius 2 is 2.08 bits per heavy atom. The molecule has 26 heavy (non-hydrogen) atoms. The number of carbonyl (C=O) groups excluding carboxylic acids is 1. The van der Waals surface area contributed by atoms with Crippen molar-refractivity contribution < 1.29 is 18.0 Å². The van der Waals surface area contributed by atoms with Crippen LogP contribution in [0, 0.1) is 23.2 Å². The summed E-state index contributed by atoms with van der Waals surface area (Å²) in [4.78, 5) is 13.8. The highest BCUT2D eigenvalue weighted by Crippen LogP contribution is 2.56. The molecule has 0 saturated heterocycles. The van der Waals surface area contributed by atoms with Crippen molar-refractivity contribution in [3.63, 3.8) is 0 Å². The average molecular weight is 385 g/mol. The number of Topliss-reactive ketones (excluding diaryl/α,β-unsaturated/α-hetero) is 1. The predicted molar refractivity (Wildman–Crippen MR) is 99.5 cm³/mol. The molecule has 144 valence electrons. The molecule has 2 nitrogen and oxygen atoms in total. The van der Waals surface area contributed by atoms with Gasteiger partial charge in [0, 0.05) is 5.25 Å². The Morgan fingerprint density at radius 3 is 2.65 bits per heavy atom. The van der Waals surface area contributed by atoms with Gasteiger partial charge >= 0.3 is 6.18 Å². The van der Waals surface area contributed by atoms with Crippen LogP contribution in [0.15, 0.2) is 34.3 Å². The standard InChI is InChI=1S/C20H26F3NOS/c1-11(25)17-15-9-19(2,3)7-6-16(15)26-18(17)14-5-4-13(20(21,22)23)8-12(14)10-24/h4-5,8,12,14,17-18H,6-7,9-10,24H2,1-3H3. The van der Waals surface area contributed by atoms with Gasteiger partial charge in [0.15, 0.2) is 0 Å². The molecule has 2 aliphatic carbocycles. The number of hydrogen-bond acceptors (Lipinski definition) is 3. The third kappa shape index (κ3) is 3.68. The van der Waals surface area contributed by atoms with E-state index in [2.05, 4.69) is 13.8 Å². The van der Waals surface area contributed by atoms with E-state index in [0.717, 1.165) is 25.3 Å². The van der Waals surface area contributed by atoms with E-state index >= 15 is 0 Å². The van der Waals surface area contributed by atoms with Crippen LogP contribution in [0.3, 0.4) is 0 Å². The largest absolute Gasteiger partial charge is 0.416 e. The van der Waals surface area contributed by atoms with Crippen molar-refractivity contribution >= 4 is 17.5 Å². The molecule has 4 atom stereocenters. The molecule has 0 saturated carbocycles. The molecule has 0 bridgehead atoms. The first-order valence-electron chi connectivity index (χ1n) is 9.10. The maximum absolute atomic E-state index is 13.1. The second-order valence-corrected chi connectivity index (χ2v) is 9.69. The summed E-state index contributed by atoms with van der Waals surface area (Å²) in [5, 5.41) is -0.0535. The summed E-state index contributed by atoms with van der Waals surface area (Å²) >= 11 is 1.71. The molecule has 6 heteroatoms. The topological polar surface area (TPSA) is 43.1 Å². The Bertz CT molecular complexity index is 690. The maximum atomic E-state index is 13.1. The summed E-state index contributed by atoms with van der Waals surface area (Å²) < 4.78 is 39.2. The minimum Gasteiger partial charge on any atom is -0.330 e. The van der Waals surface area contributed by atoms with Gasteiger partial charge in [-0.1, -0.05) is 32.1 Å². The molecule has 4 unspecified atom stereocenters. The Hall–Kier alpha value is -1.01. The van der Waals surface area contributed by atoms with Crippen molar-refractivity contribution in [2.75, 3.05) is 6.54 Å². The number of rotatable bonds is 3. The minimum absolute atomic E-state index is 0.0535. The molecule has 0 spiro atoms. The second kappa shape index (κ2) is 6.86. The fraction of sp³-hybridized carbons (Fsp3) is 0.650. The maximum Gasteiger partial charge on any atom is 0.416 e. The quantitative estimate of drug-likeness (QED) is 0.742. The summed E-state index contributed by atoms with van der Waals surface area (Å²) in [7, 11) is 0. The van der Waals surface area contributed by atoms with Crippen molar-refractivity contribution in [3.8, 4) is 0 Å². The summed E-state index contributed by atoms with van der Waals surface area (Å²) in [5.41, 5.74) is 6.58. The fourth-order valence-corrected chi connectivity index (χ4v) is 6.30. The average Bonchev–Trinajstić information content (AvgIpc) is 2.90. The molecule has 3 aliphatic rings. The first kappa shape index (κ1) is 19.7. The molecule has 1 aliphatic heterocycles. The zero-order valence-corrected chi connectivity index (χ0v) is 16.2. The summed E-state index contributed by atoms with van der Waals surface area (Å²) in [6, 6.07) is 0. The van der Waals surface area contributed by atoms with Gasteiger partial charge in [-0.05, 0) is 60.5 Å². The molecule has 2 N–H and O–H groups in total. The normalized spacial score (nSPS) is 33.9.